The van der Waals surface area contributed by atoms with Gasteiger partial charge in [-0.05, 0) is 97.9 Å². The number of hydrogen-bond acceptors (Lipinski definition) is 5. The number of nitrogens with zero attached hydrogens (tertiary/aromatic N) is 4. The summed E-state index contributed by atoms with van der Waals surface area (Å²) in [7, 11) is 0. The van der Waals surface area contributed by atoms with Crippen molar-refractivity contribution in [3.05, 3.63) is 89.4 Å². The van der Waals surface area contributed by atoms with Crippen molar-refractivity contribution in [2.45, 2.75) is 38.8 Å². The summed E-state index contributed by atoms with van der Waals surface area (Å²) in [6, 6.07) is 18.5. The van der Waals surface area contributed by atoms with Gasteiger partial charge in [-0.25, -0.2) is 0 Å². The van der Waals surface area contributed by atoms with Gasteiger partial charge in [0.1, 0.15) is 0 Å². The van der Waals surface area contributed by atoms with Crippen molar-refractivity contribution >= 4 is 22.4 Å². The molecule has 2 saturated heterocycles. The Morgan fingerprint density at radius 1 is 0.900 bits per heavy atom. The van der Waals surface area contributed by atoms with Gasteiger partial charge in [-0.15, -0.1) is 0 Å². The number of carbonyl (C=O) groups excluding carboxylic acids is 1. The first-order valence-corrected chi connectivity index (χ1v) is 14.6. The van der Waals surface area contributed by atoms with Gasteiger partial charge in [-0.3, -0.25) is 14.6 Å². The van der Waals surface area contributed by atoms with Gasteiger partial charge in [0.2, 0.25) is 0 Å². The quantitative estimate of drug-likeness (QED) is 0.275. The summed E-state index contributed by atoms with van der Waals surface area (Å²) in [6.45, 7) is 8.02. The van der Waals surface area contributed by atoms with Gasteiger partial charge in [-0.1, -0.05) is 0 Å². The normalized spacial score (nSPS) is 17.3. The van der Waals surface area contributed by atoms with E-state index in [9.17, 15) is 10.1 Å². The second kappa shape index (κ2) is 12.1. The highest BCUT2D eigenvalue weighted by atomic mass is 16.1. The van der Waals surface area contributed by atoms with Crippen molar-refractivity contribution in [1.82, 2.24) is 19.8 Å². The predicted octanol–water partition coefficient (Wildman–Crippen LogP) is 5.56. The van der Waals surface area contributed by atoms with Crippen molar-refractivity contribution in [2.75, 3.05) is 44.2 Å². The Morgan fingerprint density at radius 3 is 2.40 bits per heavy atom. The smallest absolute Gasteiger partial charge is 0.162 e. The molecule has 2 aromatic heterocycles. The molecule has 6 rings (SSSR count). The van der Waals surface area contributed by atoms with E-state index in [0.717, 1.165) is 75.2 Å². The number of piperazine rings is 1. The van der Waals surface area contributed by atoms with Crippen LogP contribution in [0.3, 0.4) is 0 Å². The third kappa shape index (κ3) is 6.14. The lowest BCUT2D eigenvalue weighted by Gasteiger charge is -2.36. The zero-order valence-electron chi connectivity index (χ0n) is 23.1. The number of carbonyl (C=O) groups is 1. The number of nitriles is 1. The van der Waals surface area contributed by atoms with Crippen LogP contribution in [0.2, 0.25) is 0 Å². The van der Waals surface area contributed by atoms with E-state index >= 15 is 0 Å². The van der Waals surface area contributed by atoms with Crippen molar-refractivity contribution in [1.29, 1.82) is 5.26 Å². The average molecular weight is 535 g/mol. The summed E-state index contributed by atoms with van der Waals surface area (Å²) < 4.78 is 0. The van der Waals surface area contributed by atoms with E-state index in [2.05, 4.69) is 61.3 Å². The Kier molecular flexibility index (Phi) is 7.99. The zero-order valence-corrected chi connectivity index (χ0v) is 23.1. The van der Waals surface area contributed by atoms with Gasteiger partial charge in [0.25, 0.3) is 0 Å². The number of rotatable bonds is 9. The molecule has 2 fully saturated rings. The molecule has 0 amide bonds. The number of nitrogens with one attached hydrogen (secondary N) is 2. The monoisotopic (exact) mass is 534 g/mol. The zero-order chi connectivity index (χ0) is 27.3. The Morgan fingerprint density at radius 2 is 1.68 bits per heavy atom. The first-order valence-electron chi connectivity index (χ1n) is 14.6. The van der Waals surface area contributed by atoms with Crippen LogP contribution in [-0.4, -0.2) is 64.8 Å². The largest absolute Gasteiger partial charge is 0.369 e. The molecule has 4 heterocycles. The third-order valence-corrected chi connectivity index (χ3v) is 8.77. The van der Waals surface area contributed by atoms with Gasteiger partial charge in [0.15, 0.2) is 5.78 Å². The molecule has 0 radical (unpaired) electrons. The van der Waals surface area contributed by atoms with E-state index in [1.54, 1.807) is 0 Å². The molecule has 0 saturated carbocycles. The molecule has 2 aromatic carbocycles. The Balaban J connectivity index is 0.945. The summed E-state index contributed by atoms with van der Waals surface area (Å²) in [5.74, 6) is 0.920. The van der Waals surface area contributed by atoms with Crippen LogP contribution in [0.1, 0.15) is 52.7 Å². The average Bonchev–Trinajstić information content (AvgIpc) is 3.67. The molecule has 206 valence electrons. The fraction of sp³-hybridized carbons (Fsp3) is 0.394. The number of aromatic nitrogens is 2. The number of likely N-dealkylation sites (tertiary alicyclic amines) is 1. The molecular formula is C33H38N6O. The molecular weight excluding hydrogens is 496 g/mol. The van der Waals surface area contributed by atoms with Crippen LogP contribution in [0.25, 0.3) is 10.9 Å². The molecule has 0 unspecified atom stereocenters. The topological polar surface area (TPSA) is 82.2 Å². The minimum absolute atomic E-state index is 0.268. The van der Waals surface area contributed by atoms with Gasteiger partial charge in [-0.2, -0.15) is 5.26 Å². The Bertz CT molecular complexity index is 1450. The first kappa shape index (κ1) is 26.4. The Labute approximate surface area is 236 Å². The molecule has 7 heteroatoms. The fourth-order valence-electron chi connectivity index (χ4n) is 6.27. The number of benzene rings is 2. The van der Waals surface area contributed by atoms with Crippen LogP contribution >= 0.6 is 0 Å². The molecule has 0 bridgehead atoms. The minimum atomic E-state index is 0.268. The van der Waals surface area contributed by atoms with Gasteiger partial charge >= 0.3 is 0 Å². The molecule has 40 heavy (non-hydrogen) atoms. The summed E-state index contributed by atoms with van der Waals surface area (Å²) in [5, 5.41) is 10.4. The second-order valence-corrected chi connectivity index (χ2v) is 11.4. The Hall–Kier alpha value is -3.86. The maximum absolute atomic E-state index is 12.9. The van der Waals surface area contributed by atoms with Crippen LogP contribution in [0, 0.1) is 17.2 Å². The highest BCUT2D eigenvalue weighted by Crippen LogP contribution is 2.26. The molecule has 2 aliphatic heterocycles. The highest BCUT2D eigenvalue weighted by Gasteiger charge is 2.22. The molecule has 2 N–H and O–H groups in total. The molecule has 4 aromatic rings. The number of ketones is 1. The summed E-state index contributed by atoms with van der Waals surface area (Å²) in [5.41, 5.74) is 6.40. The number of H-pyrrole nitrogens is 2. The minimum Gasteiger partial charge on any atom is -0.369 e. The predicted molar refractivity (Wildman–Crippen MR) is 159 cm³/mol. The number of hydrogen-bond donors (Lipinski definition) is 2. The number of fused-ring (bicyclic) bond motifs is 1. The van der Waals surface area contributed by atoms with Gasteiger partial charge in [0, 0.05) is 86.4 Å². The maximum atomic E-state index is 12.9. The van der Waals surface area contributed by atoms with E-state index < -0.39 is 0 Å². The van der Waals surface area contributed by atoms with Crippen LogP contribution in [0.15, 0.2) is 67.1 Å². The van der Waals surface area contributed by atoms with Gasteiger partial charge in [0.05, 0.1) is 11.6 Å². The SMILES string of the molecule is N#Cc1ccc2[nH]cc(CN3CCN(c4ccc(C(=O)CCC5CCN(Cc6cc[nH]c6)CC5)cc4)CC3)c2c1. The van der Waals surface area contributed by atoms with Gasteiger partial charge < -0.3 is 14.9 Å². The molecule has 0 spiro atoms. The molecule has 2 aliphatic rings. The number of piperidine rings is 1. The van der Waals surface area contributed by atoms with Crippen LogP contribution < -0.4 is 4.90 Å². The van der Waals surface area contributed by atoms with Crippen molar-refractivity contribution in [2.24, 2.45) is 5.92 Å². The standard InChI is InChI=1S/C33H38N6O/c34-20-26-1-7-32-31(19-26)29(22-36-32)24-38-15-17-39(18-16-38)30-5-3-28(4-6-30)33(40)8-2-25-10-13-37(14-11-25)23-27-9-12-35-21-27/h1,3-7,9,12,19,21-22,25,35-36H,2,8,10-11,13-18,23-24H2. The highest BCUT2D eigenvalue weighted by molar-refractivity contribution is 5.96. The fourth-order valence-corrected chi connectivity index (χ4v) is 6.27. The first-order chi connectivity index (χ1) is 19.6. The van der Waals surface area contributed by atoms with E-state index in [1.165, 1.54) is 29.7 Å². The molecule has 0 aliphatic carbocycles. The van der Waals surface area contributed by atoms with Crippen molar-refractivity contribution in [3.63, 3.8) is 0 Å². The van der Waals surface area contributed by atoms with Crippen LogP contribution in [0.4, 0.5) is 5.69 Å². The number of aromatic amines is 2. The number of Topliss-reactive ketones (excluding diaryl/α,β-unsaturated/α-hetero) is 1. The van der Waals surface area contributed by atoms with E-state index in [-0.39, 0.29) is 5.78 Å². The second-order valence-electron chi connectivity index (χ2n) is 11.4. The summed E-state index contributed by atoms with van der Waals surface area (Å²) >= 11 is 0. The molecule has 0 atom stereocenters. The van der Waals surface area contributed by atoms with Crippen LogP contribution in [0.5, 0.6) is 0 Å². The van der Waals surface area contributed by atoms with Crippen molar-refractivity contribution < 1.29 is 4.79 Å². The van der Waals surface area contributed by atoms with Crippen molar-refractivity contribution in [3.8, 4) is 6.07 Å². The van der Waals surface area contributed by atoms with E-state index in [1.807, 2.05) is 36.5 Å². The lowest BCUT2D eigenvalue weighted by Crippen LogP contribution is -2.45. The molecule has 7 nitrogen and oxygen atoms in total. The lowest BCUT2D eigenvalue weighted by molar-refractivity contribution is 0.0961. The third-order valence-electron chi connectivity index (χ3n) is 8.77. The van der Waals surface area contributed by atoms with E-state index in [0.29, 0.717) is 17.9 Å². The number of anilines is 1. The maximum Gasteiger partial charge on any atom is 0.162 e. The summed E-state index contributed by atoms with van der Waals surface area (Å²) in [4.78, 5) is 26.8. The summed E-state index contributed by atoms with van der Waals surface area (Å²) in [6.07, 6.45) is 10.1. The lowest BCUT2D eigenvalue weighted by atomic mass is 9.90. The van der Waals surface area contributed by atoms with E-state index in [4.69, 9.17) is 0 Å². The van der Waals surface area contributed by atoms with Crippen LogP contribution in [-0.2, 0) is 13.1 Å².